The number of hydrogen-bond acceptors (Lipinski definition) is 3. The molecule has 0 spiro atoms. The van der Waals surface area contributed by atoms with Gasteiger partial charge in [0, 0.05) is 22.2 Å². The number of thioether (sulfide) groups is 1. The number of carbonyl (C=O) groups excluding carboxylic acids is 1. The minimum Gasteiger partial charge on any atom is -0.387 e. The van der Waals surface area contributed by atoms with Gasteiger partial charge in [0.1, 0.15) is 0 Å². The van der Waals surface area contributed by atoms with Crippen LogP contribution in [0.2, 0.25) is 5.02 Å². The number of benzene rings is 2. The number of hydrogen-bond donors (Lipinski definition) is 3. The topological polar surface area (TPSA) is 61.4 Å². The van der Waals surface area contributed by atoms with Gasteiger partial charge >= 0.3 is 6.03 Å². The van der Waals surface area contributed by atoms with Crippen molar-refractivity contribution < 1.29 is 9.90 Å². The summed E-state index contributed by atoms with van der Waals surface area (Å²) in [6, 6.07) is 14.0. The molecule has 0 aliphatic heterocycles. The Bertz CT molecular complexity index is 617. The molecule has 0 aliphatic rings. The van der Waals surface area contributed by atoms with E-state index in [1.807, 2.05) is 30.5 Å². The van der Waals surface area contributed by atoms with Gasteiger partial charge in [0.25, 0.3) is 0 Å². The SMILES string of the molecule is CSc1ccc(C(O)CNC(=O)Nc2ccc(Cl)cc2)cc1. The second-order valence-electron chi connectivity index (χ2n) is 4.63. The highest BCUT2D eigenvalue weighted by Gasteiger charge is 2.09. The van der Waals surface area contributed by atoms with E-state index < -0.39 is 6.10 Å². The van der Waals surface area contributed by atoms with Crippen molar-refractivity contribution in [3.8, 4) is 0 Å². The van der Waals surface area contributed by atoms with Crippen molar-refractivity contribution in [3.05, 3.63) is 59.1 Å². The molecular formula is C16H17ClN2O2S. The maximum absolute atomic E-state index is 11.8. The van der Waals surface area contributed by atoms with Crippen molar-refractivity contribution in [2.45, 2.75) is 11.0 Å². The predicted molar refractivity (Wildman–Crippen MR) is 91.7 cm³/mol. The van der Waals surface area contributed by atoms with E-state index in [1.54, 1.807) is 36.0 Å². The zero-order valence-corrected chi connectivity index (χ0v) is 13.6. The number of rotatable bonds is 5. The van der Waals surface area contributed by atoms with E-state index >= 15 is 0 Å². The van der Waals surface area contributed by atoms with E-state index in [-0.39, 0.29) is 12.6 Å². The minimum atomic E-state index is -0.744. The average Bonchev–Trinajstić information content (AvgIpc) is 2.55. The van der Waals surface area contributed by atoms with Crippen LogP contribution < -0.4 is 10.6 Å². The molecule has 22 heavy (non-hydrogen) atoms. The van der Waals surface area contributed by atoms with Crippen molar-refractivity contribution in [3.63, 3.8) is 0 Å². The second kappa shape index (κ2) is 8.08. The molecule has 116 valence electrons. The Hall–Kier alpha value is -1.69. The molecule has 2 aromatic rings. The zero-order chi connectivity index (χ0) is 15.9. The van der Waals surface area contributed by atoms with Gasteiger partial charge in [-0.15, -0.1) is 11.8 Å². The number of halogens is 1. The summed E-state index contributed by atoms with van der Waals surface area (Å²) in [6.45, 7) is 0.137. The summed E-state index contributed by atoms with van der Waals surface area (Å²) < 4.78 is 0. The third-order valence-corrected chi connectivity index (χ3v) is 4.05. The molecule has 0 bridgehead atoms. The lowest BCUT2D eigenvalue weighted by Gasteiger charge is -2.13. The Labute approximate surface area is 138 Å². The monoisotopic (exact) mass is 336 g/mol. The second-order valence-corrected chi connectivity index (χ2v) is 5.95. The summed E-state index contributed by atoms with van der Waals surface area (Å²) in [4.78, 5) is 12.9. The van der Waals surface area contributed by atoms with Crippen LogP contribution in [-0.2, 0) is 0 Å². The number of anilines is 1. The molecule has 0 aliphatic carbocycles. The first-order valence-corrected chi connectivity index (χ1v) is 8.31. The first kappa shape index (κ1) is 16.7. The Morgan fingerprint density at radius 1 is 1.18 bits per heavy atom. The smallest absolute Gasteiger partial charge is 0.319 e. The number of urea groups is 1. The van der Waals surface area contributed by atoms with Crippen molar-refractivity contribution >= 4 is 35.1 Å². The molecule has 0 fully saturated rings. The third-order valence-electron chi connectivity index (χ3n) is 3.06. The molecule has 0 heterocycles. The molecule has 1 unspecified atom stereocenters. The molecule has 0 saturated carbocycles. The fraction of sp³-hybridized carbons (Fsp3) is 0.188. The van der Waals surface area contributed by atoms with Gasteiger partial charge in [-0.25, -0.2) is 4.79 Å². The normalized spacial score (nSPS) is 11.8. The summed E-state index contributed by atoms with van der Waals surface area (Å²) in [5.41, 5.74) is 1.41. The van der Waals surface area contributed by atoms with Crippen molar-refractivity contribution in [1.82, 2.24) is 5.32 Å². The predicted octanol–water partition coefficient (Wildman–Crippen LogP) is 3.92. The van der Waals surface area contributed by atoms with Crippen LogP contribution in [-0.4, -0.2) is 23.9 Å². The van der Waals surface area contributed by atoms with E-state index in [9.17, 15) is 9.90 Å². The van der Waals surface area contributed by atoms with E-state index in [1.165, 1.54) is 0 Å². The fourth-order valence-electron chi connectivity index (χ4n) is 1.84. The van der Waals surface area contributed by atoms with Crippen LogP contribution in [0.15, 0.2) is 53.4 Å². The lowest BCUT2D eigenvalue weighted by atomic mass is 10.1. The molecule has 2 rings (SSSR count). The van der Waals surface area contributed by atoms with E-state index in [4.69, 9.17) is 11.6 Å². The molecule has 4 nitrogen and oxygen atoms in total. The lowest BCUT2D eigenvalue weighted by molar-refractivity contribution is 0.175. The van der Waals surface area contributed by atoms with Gasteiger partial charge in [0.15, 0.2) is 0 Å². The molecule has 0 aromatic heterocycles. The molecule has 0 saturated heterocycles. The maximum atomic E-state index is 11.8. The quantitative estimate of drug-likeness (QED) is 0.725. The highest BCUT2D eigenvalue weighted by atomic mass is 35.5. The van der Waals surface area contributed by atoms with E-state index in [0.717, 1.165) is 10.5 Å². The van der Waals surface area contributed by atoms with Gasteiger partial charge in [-0.3, -0.25) is 0 Å². The van der Waals surface area contributed by atoms with Gasteiger partial charge in [-0.2, -0.15) is 0 Å². The Balaban J connectivity index is 1.83. The zero-order valence-electron chi connectivity index (χ0n) is 12.0. The summed E-state index contributed by atoms with van der Waals surface area (Å²) in [7, 11) is 0. The van der Waals surface area contributed by atoms with Crippen molar-refractivity contribution in [1.29, 1.82) is 0 Å². The summed E-state index contributed by atoms with van der Waals surface area (Å²) in [5, 5.41) is 16.0. The molecule has 0 radical (unpaired) electrons. The Kier molecular flexibility index (Phi) is 6.12. The Morgan fingerprint density at radius 2 is 1.82 bits per heavy atom. The fourth-order valence-corrected chi connectivity index (χ4v) is 2.38. The van der Waals surface area contributed by atoms with Crippen LogP contribution >= 0.6 is 23.4 Å². The van der Waals surface area contributed by atoms with Gasteiger partial charge < -0.3 is 15.7 Å². The molecular weight excluding hydrogens is 320 g/mol. The first-order valence-electron chi connectivity index (χ1n) is 6.71. The van der Waals surface area contributed by atoms with Crippen molar-refractivity contribution in [2.75, 3.05) is 18.1 Å². The van der Waals surface area contributed by atoms with Gasteiger partial charge in [-0.05, 0) is 48.2 Å². The molecule has 2 aromatic carbocycles. The summed E-state index contributed by atoms with van der Waals surface area (Å²) in [6.07, 6.45) is 1.25. The number of carbonyl (C=O) groups is 1. The molecule has 2 amide bonds. The number of aliphatic hydroxyl groups excluding tert-OH is 1. The lowest BCUT2D eigenvalue weighted by Crippen LogP contribution is -2.32. The van der Waals surface area contributed by atoms with Crippen LogP contribution in [0.25, 0.3) is 0 Å². The van der Waals surface area contributed by atoms with Gasteiger partial charge in [-0.1, -0.05) is 23.7 Å². The van der Waals surface area contributed by atoms with Gasteiger partial charge in [0.05, 0.1) is 6.10 Å². The highest BCUT2D eigenvalue weighted by molar-refractivity contribution is 7.98. The first-order chi connectivity index (χ1) is 10.6. The average molecular weight is 337 g/mol. The molecule has 6 heteroatoms. The summed E-state index contributed by atoms with van der Waals surface area (Å²) >= 11 is 7.42. The summed E-state index contributed by atoms with van der Waals surface area (Å²) in [5.74, 6) is 0. The third kappa shape index (κ3) is 4.94. The van der Waals surface area contributed by atoms with Crippen LogP contribution in [0.4, 0.5) is 10.5 Å². The number of aliphatic hydroxyl groups is 1. The standard InChI is InChI=1S/C16H17ClN2O2S/c1-22-14-8-2-11(3-9-14)15(20)10-18-16(21)19-13-6-4-12(17)5-7-13/h2-9,15,20H,10H2,1H3,(H2,18,19,21). The van der Waals surface area contributed by atoms with Crippen LogP contribution in [0.1, 0.15) is 11.7 Å². The number of nitrogens with one attached hydrogen (secondary N) is 2. The van der Waals surface area contributed by atoms with E-state index in [2.05, 4.69) is 10.6 Å². The number of amides is 2. The highest BCUT2D eigenvalue weighted by Crippen LogP contribution is 2.18. The van der Waals surface area contributed by atoms with Crippen LogP contribution in [0.5, 0.6) is 0 Å². The Morgan fingerprint density at radius 3 is 2.41 bits per heavy atom. The maximum Gasteiger partial charge on any atom is 0.319 e. The molecule has 3 N–H and O–H groups in total. The van der Waals surface area contributed by atoms with Crippen molar-refractivity contribution in [2.24, 2.45) is 0 Å². The minimum absolute atomic E-state index is 0.137. The largest absolute Gasteiger partial charge is 0.387 e. The van der Waals surface area contributed by atoms with Gasteiger partial charge in [0.2, 0.25) is 0 Å². The van der Waals surface area contributed by atoms with Crippen LogP contribution in [0, 0.1) is 0 Å². The van der Waals surface area contributed by atoms with E-state index in [0.29, 0.717) is 10.7 Å². The van der Waals surface area contributed by atoms with Crippen LogP contribution in [0.3, 0.4) is 0 Å². The molecule has 1 atom stereocenters.